The zero-order chi connectivity index (χ0) is 13.2. The van der Waals surface area contributed by atoms with Gasteiger partial charge in [0, 0.05) is 18.2 Å². The van der Waals surface area contributed by atoms with Crippen molar-refractivity contribution in [3.63, 3.8) is 0 Å². The molecule has 0 saturated heterocycles. The minimum Gasteiger partial charge on any atom is -0.486 e. The van der Waals surface area contributed by atoms with E-state index in [2.05, 4.69) is 10.5 Å². The summed E-state index contributed by atoms with van der Waals surface area (Å²) in [6, 6.07) is 5.47. The van der Waals surface area contributed by atoms with Crippen molar-refractivity contribution in [2.45, 2.75) is 13.5 Å². The number of aryl methyl sites for hydroxylation is 1. The normalized spacial score (nSPS) is 13.4. The molecule has 1 aliphatic rings. The van der Waals surface area contributed by atoms with Crippen LogP contribution in [0.25, 0.3) is 0 Å². The van der Waals surface area contributed by atoms with Gasteiger partial charge < -0.3 is 19.3 Å². The van der Waals surface area contributed by atoms with Crippen molar-refractivity contribution in [3.8, 4) is 11.5 Å². The van der Waals surface area contributed by atoms with Gasteiger partial charge in [0.1, 0.15) is 24.7 Å². The molecular weight excluding hydrogens is 268 g/mol. The van der Waals surface area contributed by atoms with Crippen molar-refractivity contribution >= 4 is 17.3 Å². The highest BCUT2D eigenvalue weighted by atomic mass is 35.5. The third-order valence-electron chi connectivity index (χ3n) is 2.77. The average Bonchev–Trinajstić information content (AvgIpc) is 2.82. The maximum atomic E-state index is 6.19. The van der Waals surface area contributed by atoms with E-state index in [1.54, 1.807) is 6.07 Å². The molecule has 2 heterocycles. The van der Waals surface area contributed by atoms with Crippen molar-refractivity contribution in [2.75, 3.05) is 18.5 Å². The molecule has 0 aliphatic carbocycles. The molecule has 0 spiro atoms. The molecule has 1 aromatic heterocycles. The van der Waals surface area contributed by atoms with Gasteiger partial charge in [0.2, 0.25) is 0 Å². The van der Waals surface area contributed by atoms with Gasteiger partial charge in [0.15, 0.2) is 11.5 Å². The van der Waals surface area contributed by atoms with Gasteiger partial charge in [-0.15, -0.1) is 0 Å². The molecule has 1 aromatic carbocycles. The number of benzene rings is 1. The van der Waals surface area contributed by atoms with Crippen LogP contribution in [0.1, 0.15) is 11.5 Å². The second-order valence-electron chi connectivity index (χ2n) is 4.26. The van der Waals surface area contributed by atoms with Crippen LogP contribution in [0.5, 0.6) is 11.5 Å². The fourth-order valence-corrected chi connectivity index (χ4v) is 2.11. The molecule has 5 nitrogen and oxygen atoms in total. The highest BCUT2D eigenvalue weighted by Crippen LogP contribution is 2.38. The van der Waals surface area contributed by atoms with Crippen molar-refractivity contribution in [1.82, 2.24) is 5.16 Å². The Kier molecular flexibility index (Phi) is 3.21. The molecule has 0 fully saturated rings. The third-order valence-corrected chi connectivity index (χ3v) is 3.08. The number of aromatic nitrogens is 1. The summed E-state index contributed by atoms with van der Waals surface area (Å²) in [5, 5.41) is 7.70. The Balaban J connectivity index is 1.77. The number of nitrogens with one attached hydrogen (secondary N) is 1. The predicted octanol–water partition coefficient (Wildman–Crippen LogP) is 3.02. The van der Waals surface area contributed by atoms with Gasteiger partial charge in [-0.25, -0.2) is 0 Å². The lowest BCUT2D eigenvalue weighted by Crippen LogP contribution is -2.15. The predicted molar refractivity (Wildman–Crippen MR) is 71.0 cm³/mol. The Morgan fingerprint density at radius 2 is 1.95 bits per heavy atom. The van der Waals surface area contributed by atoms with Gasteiger partial charge in [0.25, 0.3) is 0 Å². The monoisotopic (exact) mass is 280 g/mol. The molecule has 0 atom stereocenters. The SMILES string of the molecule is Cc1cc(CNc2cc3c(cc2Cl)OCCO3)no1. The first-order valence-corrected chi connectivity index (χ1v) is 6.35. The lowest BCUT2D eigenvalue weighted by atomic mass is 10.2. The van der Waals surface area contributed by atoms with Gasteiger partial charge >= 0.3 is 0 Å². The molecule has 0 unspecified atom stereocenters. The zero-order valence-corrected chi connectivity index (χ0v) is 11.2. The van der Waals surface area contributed by atoms with Crippen molar-refractivity contribution in [3.05, 3.63) is 34.7 Å². The molecule has 2 aromatic rings. The van der Waals surface area contributed by atoms with Crippen LogP contribution in [0.4, 0.5) is 5.69 Å². The second kappa shape index (κ2) is 5.01. The van der Waals surface area contributed by atoms with Crippen LogP contribution < -0.4 is 14.8 Å². The molecule has 1 aliphatic heterocycles. The third kappa shape index (κ3) is 2.61. The molecule has 0 bridgehead atoms. The van der Waals surface area contributed by atoms with E-state index in [-0.39, 0.29) is 0 Å². The van der Waals surface area contributed by atoms with Crippen LogP contribution in [0.15, 0.2) is 22.7 Å². The lowest BCUT2D eigenvalue weighted by molar-refractivity contribution is 0.171. The number of nitrogens with zero attached hydrogens (tertiary/aromatic N) is 1. The van der Waals surface area contributed by atoms with E-state index in [1.807, 2.05) is 19.1 Å². The number of halogens is 1. The summed E-state index contributed by atoms with van der Waals surface area (Å²) in [6.45, 7) is 3.50. The summed E-state index contributed by atoms with van der Waals surface area (Å²) < 4.78 is 16.0. The molecule has 0 amide bonds. The van der Waals surface area contributed by atoms with Crippen LogP contribution in [0.3, 0.4) is 0 Å². The highest BCUT2D eigenvalue weighted by molar-refractivity contribution is 6.33. The van der Waals surface area contributed by atoms with Crippen molar-refractivity contribution in [2.24, 2.45) is 0 Å². The summed E-state index contributed by atoms with van der Waals surface area (Å²) in [6.07, 6.45) is 0. The Bertz CT molecular complexity index is 598. The smallest absolute Gasteiger partial charge is 0.163 e. The molecule has 1 N–H and O–H groups in total. The number of anilines is 1. The molecule has 6 heteroatoms. The molecule has 100 valence electrons. The largest absolute Gasteiger partial charge is 0.486 e. The lowest BCUT2D eigenvalue weighted by Gasteiger charge is -2.20. The fourth-order valence-electron chi connectivity index (χ4n) is 1.89. The van der Waals surface area contributed by atoms with Crippen LogP contribution in [-0.4, -0.2) is 18.4 Å². The Hall–Kier alpha value is -1.88. The van der Waals surface area contributed by atoms with Crippen molar-refractivity contribution < 1.29 is 14.0 Å². The van der Waals surface area contributed by atoms with E-state index in [1.165, 1.54) is 0 Å². The maximum absolute atomic E-state index is 6.19. The van der Waals surface area contributed by atoms with Gasteiger partial charge in [0.05, 0.1) is 17.3 Å². The van der Waals surface area contributed by atoms with E-state index in [0.717, 1.165) is 17.1 Å². The number of fused-ring (bicyclic) bond motifs is 1. The van der Waals surface area contributed by atoms with E-state index >= 15 is 0 Å². The summed E-state index contributed by atoms with van der Waals surface area (Å²) in [5.74, 6) is 2.17. The first-order valence-electron chi connectivity index (χ1n) is 5.97. The molecule has 0 radical (unpaired) electrons. The minimum atomic E-state index is 0.538. The van der Waals surface area contributed by atoms with Crippen molar-refractivity contribution in [1.29, 1.82) is 0 Å². The minimum absolute atomic E-state index is 0.538. The number of hydrogen-bond donors (Lipinski definition) is 1. The summed E-state index contributed by atoms with van der Waals surface area (Å²) in [7, 11) is 0. The standard InChI is InChI=1S/C13H13ClN2O3/c1-8-4-9(16-19-8)7-15-11-6-13-12(5-10(11)14)17-2-3-18-13/h4-6,15H,2-3,7H2,1H3. The quantitative estimate of drug-likeness (QED) is 0.936. The van der Waals surface area contributed by atoms with E-state index in [9.17, 15) is 0 Å². The average molecular weight is 281 g/mol. The first kappa shape index (κ1) is 12.2. The maximum Gasteiger partial charge on any atom is 0.163 e. The second-order valence-corrected chi connectivity index (χ2v) is 4.67. The molecule has 3 rings (SSSR count). The van der Waals surface area contributed by atoms with Crippen LogP contribution in [0.2, 0.25) is 5.02 Å². The van der Waals surface area contributed by atoms with E-state index in [4.69, 9.17) is 25.6 Å². The summed E-state index contributed by atoms with van der Waals surface area (Å²) in [5.41, 5.74) is 1.61. The summed E-state index contributed by atoms with van der Waals surface area (Å²) in [4.78, 5) is 0. The topological polar surface area (TPSA) is 56.5 Å². The van der Waals surface area contributed by atoms with Gasteiger partial charge in [-0.2, -0.15) is 0 Å². The number of hydrogen-bond acceptors (Lipinski definition) is 5. The van der Waals surface area contributed by atoms with E-state index < -0.39 is 0 Å². The van der Waals surface area contributed by atoms with E-state index in [0.29, 0.717) is 36.3 Å². The Labute approximate surface area is 115 Å². The van der Waals surface area contributed by atoms with Gasteiger partial charge in [-0.1, -0.05) is 16.8 Å². The Morgan fingerprint density at radius 1 is 1.21 bits per heavy atom. The summed E-state index contributed by atoms with van der Waals surface area (Å²) >= 11 is 6.19. The first-order chi connectivity index (χ1) is 9.22. The zero-order valence-electron chi connectivity index (χ0n) is 10.4. The number of rotatable bonds is 3. The number of ether oxygens (including phenoxy) is 2. The fraction of sp³-hybridized carbons (Fsp3) is 0.308. The molecule has 0 saturated carbocycles. The van der Waals surface area contributed by atoms with Gasteiger partial charge in [-0.3, -0.25) is 0 Å². The Morgan fingerprint density at radius 3 is 2.63 bits per heavy atom. The van der Waals surface area contributed by atoms with Crippen LogP contribution in [-0.2, 0) is 6.54 Å². The molecular formula is C13H13ClN2O3. The van der Waals surface area contributed by atoms with Gasteiger partial charge in [-0.05, 0) is 6.92 Å². The highest BCUT2D eigenvalue weighted by Gasteiger charge is 2.15. The molecule has 19 heavy (non-hydrogen) atoms. The van der Waals surface area contributed by atoms with Crippen LogP contribution >= 0.6 is 11.6 Å². The van der Waals surface area contributed by atoms with Crippen LogP contribution in [0, 0.1) is 6.92 Å².